The van der Waals surface area contributed by atoms with Crippen LogP contribution in [0, 0.1) is 17.8 Å². The third kappa shape index (κ3) is 19.6. The molecule has 0 rings (SSSR count). The molecule has 0 radical (unpaired) electrons. The van der Waals surface area contributed by atoms with E-state index in [-0.39, 0.29) is 31.1 Å². The van der Waals surface area contributed by atoms with E-state index in [1.165, 1.54) is 11.8 Å². The van der Waals surface area contributed by atoms with Gasteiger partial charge in [-0.2, -0.15) is 11.8 Å². The number of rotatable bonds is 26. The lowest BCUT2D eigenvalue weighted by Crippen LogP contribution is -2.62. The fourth-order valence-corrected chi connectivity index (χ4v) is 5.56. The van der Waals surface area contributed by atoms with Gasteiger partial charge in [0.25, 0.3) is 0 Å². The number of thioether (sulfide) groups is 1. The fraction of sp³-hybridized carbons (Fsp3) is 0.735. The molecule has 314 valence electrons. The molecule has 6 amide bonds. The molecule has 12 N–H and O–H groups in total. The first-order valence-electron chi connectivity index (χ1n) is 17.8. The van der Waals surface area contributed by atoms with Crippen LogP contribution < -0.4 is 37.6 Å². The van der Waals surface area contributed by atoms with E-state index in [2.05, 4.69) is 31.9 Å². The van der Waals surface area contributed by atoms with Crippen molar-refractivity contribution in [3.8, 4) is 0 Å². The summed E-state index contributed by atoms with van der Waals surface area (Å²) < 4.78 is 0. The van der Waals surface area contributed by atoms with Gasteiger partial charge in [-0.1, -0.05) is 41.5 Å². The van der Waals surface area contributed by atoms with Crippen LogP contribution in [0.4, 0.5) is 0 Å². The molecule has 8 atom stereocenters. The van der Waals surface area contributed by atoms with Crippen molar-refractivity contribution in [2.24, 2.45) is 23.5 Å². The maximum absolute atomic E-state index is 13.7. The lowest BCUT2D eigenvalue weighted by atomic mass is 9.98. The quantitative estimate of drug-likeness (QED) is 0.0457. The molecule has 0 bridgehead atoms. The number of amides is 6. The van der Waals surface area contributed by atoms with E-state index in [1.54, 1.807) is 47.8 Å². The predicted molar refractivity (Wildman–Crippen MR) is 200 cm³/mol. The Morgan fingerprint density at radius 2 is 0.945 bits per heavy atom. The van der Waals surface area contributed by atoms with Crippen LogP contribution in [0.25, 0.3) is 0 Å². The Bertz CT molecular complexity index is 1360. The Balaban J connectivity index is 6.21. The molecule has 0 aromatic carbocycles. The maximum Gasteiger partial charge on any atom is 0.326 e. The standard InChI is InChI=1S/C34H59N7O13S/c1-15(2)11-21(37-28(47)19(35)13-24(43)44)29(48)38-22(12-16(3)4)30(49)40-26(17(5)6)32(51)39-23(14-25(45)46)31(50)41-27(18(7)42)33(52)36-20(34(53)54)9-10-55-8/h15-23,26-27,42H,9-14,35H2,1-8H3,(H,36,52)(H,37,47)(H,38,48)(H,39,51)(H,40,49)(H,41,50)(H,43,44)(H,45,46)(H,53,54)/t18-,19+,20+,21+,22+,23+,26+,27+/m1/s1. The minimum atomic E-state index is -1.83. The number of aliphatic hydroxyl groups is 1. The fourth-order valence-electron chi connectivity index (χ4n) is 5.09. The number of carbonyl (C=O) groups is 9. The van der Waals surface area contributed by atoms with Crippen LogP contribution >= 0.6 is 11.8 Å². The van der Waals surface area contributed by atoms with Gasteiger partial charge >= 0.3 is 17.9 Å². The van der Waals surface area contributed by atoms with Crippen molar-refractivity contribution in [3.63, 3.8) is 0 Å². The molecule has 55 heavy (non-hydrogen) atoms. The van der Waals surface area contributed by atoms with Gasteiger partial charge in [0.2, 0.25) is 35.4 Å². The number of aliphatic hydroxyl groups excluding tert-OH is 1. The molecule has 0 aliphatic rings. The number of aliphatic carboxylic acids is 3. The second kappa shape index (κ2) is 24.8. The number of carbonyl (C=O) groups excluding carboxylic acids is 6. The summed E-state index contributed by atoms with van der Waals surface area (Å²) >= 11 is 1.33. The summed E-state index contributed by atoms with van der Waals surface area (Å²) in [5.41, 5.74) is 5.66. The van der Waals surface area contributed by atoms with Gasteiger partial charge in [0.05, 0.1) is 25.0 Å². The van der Waals surface area contributed by atoms with Crippen LogP contribution in [0.1, 0.15) is 80.6 Å². The average Bonchev–Trinajstić information content (AvgIpc) is 3.04. The summed E-state index contributed by atoms with van der Waals surface area (Å²) in [5, 5.41) is 52.5. The lowest BCUT2D eigenvalue weighted by Gasteiger charge is -2.29. The van der Waals surface area contributed by atoms with Crippen LogP contribution in [0.15, 0.2) is 0 Å². The lowest BCUT2D eigenvalue weighted by molar-refractivity contribution is -0.144. The van der Waals surface area contributed by atoms with Crippen LogP contribution in [-0.4, -0.2) is 134 Å². The molecule has 20 nitrogen and oxygen atoms in total. The summed E-state index contributed by atoms with van der Waals surface area (Å²) in [6.45, 7) is 11.3. The Morgan fingerprint density at radius 1 is 0.545 bits per heavy atom. The largest absolute Gasteiger partial charge is 0.481 e. The Labute approximate surface area is 324 Å². The average molecular weight is 806 g/mol. The van der Waals surface area contributed by atoms with Crippen LogP contribution in [0.3, 0.4) is 0 Å². The minimum Gasteiger partial charge on any atom is -0.481 e. The van der Waals surface area contributed by atoms with Gasteiger partial charge in [-0.05, 0) is 55.9 Å². The molecule has 0 aliphatic heterocycles. The molecule has 0 unspecified atom stereocenters. The van der Waals surface area contributed by atoms with Gasteiger partial charge in [0, 0.05) is 0 Å². The van der Waals surface area contributed by atoms with E-state index in [1.807, 2.05) is 0 Å². The first-order valence-corrected chi connectivity index (χ1v) is 19.2. The highest BCUT2D eigenvalue weighted by Crippen LogP contribution is 2.12. The third-order valence-corrected chi connectivity index (χ3v) is 8.60. The van der Waals surface area contributed by atoms with Crippen molar-refractivity contribution >= 4 is 65.1 Å². The normalized spacial score (nSPS) is 15.7. The van der Waals surface area contributed by atoms with Crippen LogP contribution in [0.2, 0.25) is 0 Å². The number of hydrogen-bond donors (Lipinski definition) is 11. The monoisotopic (exact) mass is 805 g/mol. The van der Waals surface area contributed by atoms with Crippen LogP contribution in [0.5, 0.6) is 0 Å². The summed E-state index contributed by atoms with van der Waals surface area (Å²) in [7, 11) is 0. The first kappa shape index (κ1) is 50.5. The molecule has 0 fully saturated rings. The molecule has 21 heteroatoms. The highest BCUT2D eigenvalue weighted by atomic mass is 32.2. The summed E-state index contributed by atoms with van der Waals surface area (Å²) in [5.74, 6) is -10.6. The van der Waals surface area contributed by atoms with E-state index in [4.69, 9.17) is 10.8 Å². The molecule has 0 aromatic heterocycles. The van der Waals surface area contributed by atoms with Gasteiger partial charge in [0.15, 0.2) is 0 Å². The molecule has 0 spiro atoms. The molecule has 0 aliphatic carbocycles. The van der Waals surface area contributed by atoms with Gasteiger partial charge in [-0.3, -0.25) is 38.4 Å². The summed E-state index contributed by atoms with van der Waals surface area (Å²) in [6, 6.07) is -10.2. The van der Waals surface area contributed by atoms with E-state index < -0.39 is 121 Å². The highest BCUT2D eigenvalue weighted by molar-refractivity contribution is 7.98. The maximum atomic E-state index is 13.7. The zero-order valence-electron chi connectivity index (χ0n) is 32.5. The number of carboxylic acid groups (broad SMARTS) is 3. The van der Waals surface area contributed by atoms with Crippen molar-refractivity contribution in [2.75, 3.05) is 12.0 Å². The Hall–Kier alpha value is -4.50. The topological polar surface area (TPSA) is 333 Å². The van der Waals surface area contributed by atoms with Crippen molar-refractivity contribution in [2.45, 2.75) is 129 Å². The number of nitrogens with two attached hydrogens (primary N) is 1. The first-order chi connectivity index (χ1) is 25.4. The van der Waals surface area contributed by atoms with Gasteiger partial charge in [-0.15, -0.1) is 0 Å². The molecule has 0 aromatic rings. The van der Waals surface area contributed by atoms with Crippen LogP contribution in [-0.2, 0) is 43.2 Å². The Morgan fingerprint density at radius 3 is 1.36 bits per heavy atom. The van der Waals surface area contributed by atoms with Gasteiger partial charge < -0.3 is 58.1 Å². The van der Waals surface area contributed by atoms with Gasteiger partial charge in [-0.25, -0.2) is 4.79 Å². The van der Waals surface area contributed by atoms with Crippen molar-refractivity contribution in [1.82, 2.24) is 31.9 Å². The van der Waals surface area contributed by atoms with E-state index in [0.29, 0.717) is 5.75 Å². The molecular weight excluding hydrogens is 746 g/mol. The Kier molecular flexibility index (Phi) is 22.8. The number of hydrogen-bond acceptors (Lipinski definition) is 12. The number of carboxylic acids is 3. The summed E-state index contributed by atoms with van der Waals surface area (Å²) in [6.07, 6.45) is -1.32. The molecule has 0 heterocycles. The highest BCUT2D eigenvalue weighted by Gasteiger charge is 2.36. The second-order valence-corrected chi connectivity index (χ2v) is 15.4. The van der Waals surface area contributed by atoms with Crippen molar-refractivity contribution < 1.29 is 63.6 Å². The molecular formula is C34H59N7O13S. The smallest absolute Gasteiger partial charge is 0.326 e. The van der Waals surface area contributed by atoms with E-state index in [0.717, 1.165) is 6.92 Å². The zero-order chi connectivity index (χ0) is 42.7. The van der Waals surface area contributed by atoms with Crippen molar-refractivity contribution in [3.05, 3.63) is 0 Å². The molecule has 0 saturated carbocycles. The van der Waals surface area contributed by atoms with Gasteiger partial charge in [0.1, 0.15) is 36.3 Å². The second-order valence-electron chi connectivity index (χ2n) is 14.4. The summed E-state index contributed by atoms with van der Waals surface area (Å²) in [4.78, 5) is 114. The minimum absolute atomic E-state index is 0.0306. The van der Waals surface area contributed by atoms with E-state index >= 15 is 0 Å². The molecule has 0 saturated heterocycles. The zero-order valence-corrected chi connectivity index (χ0v) is 33.4. The third-order valence-electron chi connectivity index (χ3n) is 7.96. The van der Waals surface area contributed by atoms with Crippen molar-refractivity contribution in [1.29, 1.82) is 0 Å². The SMILES string of the molecule is CSCC[C@H](NC(=O)[C@@H](NC(=O)[C@H](CC(=O)O)NC(=O)[C@@H](NC(=O)[C@H](CC(C)C)NC(=O)[C@H](CC(C)C)NC(=O)[C@@H](N)CC(=O)O)C(C)C)[C@@H](C)O)C(=O)O. The number of nitrogens with one attached hydrogen (secondary N) is 6. The predicted octanol–water partition coefficient (Wildman–Crippen LogP) is -1.86. The van der Waals surface area contributed by atoms with E-state index in [9.17, 15) is 58.5 Å².